The average molecular weight is 557 g/mol. The SMILES string of the molecule is COC(=O)C1=CO[C@@H](O[C@@H]2O[C@H](CO)[C@@H](O)[C@H](O)[C@H]2O)C(=CCO)[C@@H]1CC(=O)OCCc1ccc(O)c(O)c1. The van der Waals surface area contributed by atoms with Gasteiger partial charge in [0.1, 0.15) is 24.4 Å². The number of hydrogen-bond donors (Lipinski definition) is 7. The first kappa shape index (κ1) is 30.3. The minimum Gasteiger partial charge on any atom is -0.504 e. The van der Waals surface area contributed by atoms with Gasteiger partial charge in [0.05, 0.1) is 45.2 Å². The number of carbonyl (C=O) groups excluding carboxylic acids is 2. The zero-order valence-corrected chi connectivity index (χ0v) is 21.0. The van der Waals surface area contributed by atoms with Gasteiger partial charge >= 0.3 is 11.9 Å². The maximum absolute atomic E-state index is 12.7. The molecule has 14 nitrogen and oxygen atoms in total. The van der Waals surface area contributed by atoms with E-state index in [1.807, 2.05) is 0 Å². The van der Waals surface area contributed by atoms with E-state index >= 15 is 0 Å². The van der Waals surface area contributed by atoms with Crippen LogP contribution in [0.1, 0.15) is 12.0 Å². The molecule has 0 bridgehead atoms. The average Bonchev–Trinajstić information content (AvgIpc) is 2.92. The van der Waals surface area contributed by atoms with Crippen LogP contribution in [-0.4, -0.2) is 112 Å². The van der Waals surface area contributed by atoms with E-state index in [2.05, 4.69) is 0 Å². The summed E-state index contributed by atoms with van der Waals surface area (Å²) in [7, 11) is 1.12. The highest BCUT2D eigenvalue weighted by molar-refractivity contribution is 5.90. The van der Waals surface area contributed by atoms with Crippen LogP contribution in [0, 0.1) is 5.92 Å². The molecule has 0 aliphatic carbocycles. The molecule has 0 radical (unpaired) electrons. The molecule has 2 heterocycles. The van der Waals surface area contributed by atoms with Gasteiger partial charge in [0.15, 0.2) is 17.8 Å². The number of ether oxygens (including phenoxy) is 5. The zero-order chi connectivity index (χ0) is 28.7. The van der Waals surface area contributed by atoms with Gasteiger partial charge in [0.25, 0.3) is 0 Å². The topological polar surface area (TPSA) is 222 Å². The van der Waals surface area contributed by atoms with Crippen molar-refractivity contribution in [3.63, 3.8) is 0 Å². The fourth-order valence-corrected chi connectivity index (χ4v) is 4.16. The van der Waals surface area contributed by atoms with Crippen LogP contribution in [0.5, 0.6) is 11.5 Å². The Kier molecular flexibility index (Phi) is 10.7. The summed E-state index contributed by atoms with van der Waals surface area (Å²) in [5.74, 6) is -3.24. The summed E-state index contributed by atoms with van der Waals surface area (Å²) in [6.07, 6.45) is -7.37. The van der Waals surface area contributed by atoms with Gasteiger partial charge in [0, 0.05) is 17.9 Å². The third-order valence-corrected chi connectivity index (χ3v) is 6.29. The van der Waals surface area contributed by atoms with Crippen LogP contribution < -0.4 is 0 Å². The van der Waals surface area contributed by atoms with E-state index in [0.717, 1.165) is 13.4 Å². The molecule has 2 aliphatic heterocycles. The first-order valence-corrected chi connectivity index (χ1v) is 12.0. The van der Waals surface area contributed by atoms with Crippen LogP contribution in [0.2, 0.25) is 0 Å². The van der Waals surface area contributed by atoms with Gasteiger partial charge in [-0.05, 0) is 17.7 Å². The summed E-state index contributed by atoms with van der Waals surface area (Å²) in [4.78, 5) is 25.1. The summed E-state index contributed by atoms with van der Waals surface area (Å²) in [5.41, 5.74) is 0.581. The molecular formula is C25H32O14. The largest absolute Gasteiger partial charge is 0.504 e. The molecule has 39 heavy (non-hydrogen) atoms. The molecule has 3 rings (SSSR count). The lowest BCUT2D eigenvalue weighted by Crippen LogP contribution is -2.60. The number of hydrogen-bond acceptors (Lipinski definition) is 14. The monoisotopic (exact) mass is 556 g/mol. The van der Waals surface area contributed by atoms with Crippen molar-refractivity contribution in [3.8, 4) is 11.5 Å². The van der Waals surface area contributed by atoms with E-state index in [0.29, 0.717) is 5.56 Å². The van der Waals surface area contributed by atoms with Crippen LogP contribution in [0.25, 0.3) is 0 Å². The molecule has 1 saturated heterocycles. The number of aliphatic hydroxyl groups is 5. The lowest BCUT2D eigenvalue weighted by Gasteiger charge is -2.41. The highest BCUT2D eigenvalue weighted by Gasteiger charge is 2.47. The lowest BCUT2D eigenvalue weighted by atomic mass is 9.86. The van der Waals surface area contributed by atoms with Crippen molar-refractivity contribution in [2.24, 2.45) is 5.92 Å². The maximum atomic E-state index is 12.7. The number of carbonyl (C=O) groups is 2. The van der Waals surface area contributed by atoms with Gasteiger partial charge in [-0.2, -0.15) is 0 Å². The van der Waals surface area contributed by atoms with Crippen molar-refractivity contribution >= 4 is 11.9 Å². The van der Waals surface area contributed by atoms with Gasteiger partial charge in [-0.1, -0.05) is 12.1 Å². The molecule has 14 heteroatoms. The van der Waals surface area contributed by atoms with Crippen molar-refractivity contribution in [2.45, 2.75) is 49.8 Å². The Hall–Kier alpha value is -3.24. The molecule has 7 N–H and O–H groups in total. The number of benzene rings is 1. The standard InChI is InChI=1S/C25H32O14/c1-35-23(34)15-11-37-24(39-25-22(33)21(32)20(31)18(10-27)38-25)13(4-6-26)14(15)9-19(30)36-7-5-12-2-3-16(28)17(29)8-12/h2-4,8,11,14,18,20-22,24-29,31-33H,5-7,9-10H2,1H3/t14-,18+,20+,21-,22+,24-,25-/m0/s1. The van der Waals surface area contributed by atoms with E-state index < -0.39 is 74.5 Å². The Morgan fingerprint density at radius 3 is 2.44 bits per heavy atom. The van der Waals surface area contributed by atoms with Gasteiger partial charge < -0.3 is 59.4 Å². The van der Waals surface area contributed by atoms with E-state index in [1.165, 1.54) is 18.2 Å². The summed E-state index contributed by atoms with van der Waals surface area (Å²) in [6.45, 7) is -1.34. The molecule has 2 aliphatic rings. The van der Waals surface area contributed by atoms with Crippen LogP contribution in [0.4, 0.5) is 0 Å². The predicted octanol–water partition coefficient (Wildman–Crippen LogP) is -1.66. The number of rotatable bonds is 10. The first-order valence-electron chi connectivity index (χ1n) is 12.0. The minimum absolute atomic E-state index is 0.0813. The second-order valence-corrected chi connectivity index (χ2v) is 8.80. The summed E-state index contributed by atoms with van der Waals surface area (Å²) >= 11 is 0. The molecule has 1 aromatic rings. The summed E-state index contributed by atoms with van der Waals surface area (Å²) in [5, 5.41) is 68.4. The fraction of sp³-hybridized carbons (Fsp3) is 0.520. The van der Waals surface area contributed by atoms with Crippen LogP contribution in [0.15, 0.2) is 41.7 Å². The quantitative estimate of drug-likeness (QED) is 0.0974. The smallest absolute Gasteiger partial charge is 0.337 e. The van der Waals surface area contributed by atoms with Gasteiger partial charge in [-0.15, -0.1) is 0 Å². The second kappa shape index (κ2) is 13.7. The number of aromatic hydroxyl groups is 2. The maximum Gasteiger partial charge on any atom is 0.337 e. The molecule has 0 saturated carbocycles. The number of methoxy groups -OCH3 is 1. The lowest BCUT2D eigenvalue weighted by molar-refractivity contribution is -0.327. The Morgan fingerprint density at radius 2 is 1.79 bits per heavy atom. The van der Waals surface area contributed by atoms with Crippen LogP contribution >= 0.6 is 0 Å². The van der Waals surface area contributed by atoms with Crippen molar-refractivity contribution in [3.05, 3.63) is 47.2 Å². The van der Waals surface area contributed by atoms with Gasteiger partial charge in [-0.25, -0.2) is 4.79 Å². The Balaban J connectivity index is 1.75. The Morgan fingerprint density at radius 1 is 1.05 bits per heavy atom. The molecule has 0 amide bonds. The van der Waals surface area contributed by atoms with E-state index in [-0.39, 0.29) is 35.7 Å². The molecule has 0 aromatic heterocycles. The molecule has 0 spiro atoms. The molecule has 7 atom stereocenters. The zero-order valence-electron chi connectivity index (χ0n) is 21.0. The number of phenolic OH excluding ortho intramolecular Hbond substituents is 2. The minimum atomic E-state index is -1.75. The highest BCUT2D eigenvalue weighted by atomic mass is 16.8. The number of esters is 2. The molecule has 1 aromatic carbocycles. The number of aliphatic hydroxyl groups excluding tert-OH is 5. The third kappa shape index (κ3) is 7.24. The highest BCUT2D eigenvalue weighted by Crippen LogP contribution is 2.36. The first-order chi connectivity index (χ1) is 18.6. The van der Waals surface area contributed by atoms with Crippen molar-refractivity contribution in [2.75, 3.05) is 26.9 Å². The van der Waals surface area contributed by atoms with Crippen molar-refractivity contribution in [1.82, 2.24) is 0 Å². The van der Waals surface area contributed by atoms with Crippen LogP contribution in [-0.2, 0) is 39.7 Å². The van der Waals surface area contributed by atoms with Gasteiger partial charge in [0.2, 0.25) is 6.29 Å². The van der Waals surface area contributed by atoms with E-state index in [1.54, 1.807) is 6.07 Å². The Labute approximate surface area is 222 Å². The normalized spacial score (nSPS) is 29.8. The second-order valence-electron chi connectivity index (χ2n) is 8.80. The summed E-state index contributed by atoms with van der Waals surface area (Å²) in [6, 6.07) is 4.16. The third-order valence-electron chi connectivity index (χ3n) is 6.29. The molecule has 216 valence electrons. The Bertz CT molecular complexity index is 1070. The predicted molar refractivity (Wildman–Crippen MR) is 128 cm³/mol. The van der Waals surface area contributed by atoms with Gasteiger partial charge in [-0.3, -0.25) is 4.79 Å². The molecule has 0 unspecified atom stereocenters. The van der Waals surface area contributed by atoms with Crippen molar-refractivity contribution < 1.29 is 69.0 Å². The van der Waals surface area contributed by atoms with Crippen LogP contribution in [0.3, 0.4) is 0 Å². The van der Waals surface area contributed by atoms with Crippen molar-refractivity contribution in [1.29, 1.82) is 0 Å². The number of phenols is 2. The van der Waals surface area contributed by atoms with E-state index in [4.69, 9.17) is 23.7 Å². The fourth-order valence-electron chi connectivity index (χ4n) is 4.16. The van der Waals surface area contributed by atoms with E-state index in [9.17, 15) is 45.3 Å². The molecule has 1 fully saturated rings. The summed E-state index contributed by atoms with van der Waals surface area (Å²) < 4.78 is 26.5. The molecular weight excluding hydrogens is 524 g/mol.